The second-order valence-corrected chi connectivity index (χ2v) is 8.17. The van der Waals surface area contributed by atoms with Crippen molar-refractivity contribution in [3.8, 4) is 17.2 Å². The molecule has 1 amide bonds. The van der Waals surface area contributed by atoms with Gasteiger partial charge in [0, 0.05) is 18.2 Å². The molecule has 0 bridgehead atoms. The number of ether oxygens (including phenoxy) is 2. The van der Waals surface area contributed by atoms with Gasteiger partial charge in [0.05, 0.1) is 47.2 Å². The van der Waals surface area contributed by atoms with Crippen LogP contribution in [0.1, 0.15) is 0 Å². The number of carbonyl (C=O) groups excluding carboxylic acids is 1. The van der Waals surface area contributed by atoms with Crippen molar-refractivity contribution < 1.29 is 19.2 Å². The summed E-state index contributed by atoms with van der Waals surface area (Å²) in [5.74, 6) is 0.286. The van der Waals surface area contributed by atoms with Gasteiger partial charge in [-0.2, -0.15) is 0 Å². The molecule has 0 radical (unpaired) electrons. The van der Waals surface area contributed by atoms with Crippen LogP contribution in [-0.4, -0.2) is 40.4 Å². The first-order chi connectivity index (χ1) is 16.9. The third-order valence-electron chi connectivity index (χ3n) is 5.06. The molecule has 4 aromatic rings. The molecule has 0 saturated carbocycles. The van der Waals surface area contributed by atoms with Crippen LogP contribution in [-0.2, 0) is 4.79 Å². The summed E-state index contributed by atoms with van der Waals surface area (Å²) in [6.45, 7) is 0. The molecular formula is C24H20N4O6S. The van der Waals surface area contributed by atoms with E-state index in [0.29, 0.717) is 27.5 Å². The SMILES string of the molecule is COc1cccc(-n2c(SCC(=O)Nc3cc([N+](=O)[O-])ccc3OC)nc3ccccc3c2=O)c1. The van der Waals surface area contributed by atoms with E-state index in [4.69, 9.17) is 9.47 Å². The van der Waals surface area contributed by atoms with E-state index in [1.165, 1.54) is 37.0 Å². The largest absolute Gasteiger partial charge is 0.497 e. The summed E-state index contributed by atoms with van der Waals surface area (Å²) in [7, 11) is 2.93. The highest BCUT2D eigenvalue weighted by atomic mass is 32.2. The Labute approximate surface area is 203 Å². The molecule has 11 heteroatoms. The highest BCUT2D eigenvalue weighted by molar-refractivity contribution is 7.99. The quantitative estimate of drug-likeness (QED) is 0.169. The van der Waals surface area contributed by atoms with Crippen molar-refractivity contribution >= 4 is 39.9 Å². The van der Waals surface area contributed by atoms with Crippen molar-refractivity contribution in [3.05, 3.63) is 87.2 Å². The summed E-state index contributed by atoms with van der Waals surface area (Å²) in [6.07, 6.45) is 0. The zero-order chi connectivity index (χ0) is 24.9. The molecule has 35 heavy (non-hydrogen) atoms. The number of benzene rings is 3. The van der Waals surface area contributed by atoms with Crippen LogP contribution in [0.25, 0.3) is 16.6 Å². The highest BCUT2D eigenvalue weighted by Gasteiger charge is 2.17. The third kappa shape index (κ3) is 5.09. The van der Waals surface area contributed by atoms with Crippen LogP contribution < -0.4 is 20.3 Å². The Balaban J connectivity index is 1.67. The Hall–Kier alpha value is -4.38. The van der Waals surface area contributed by atoms with Gasteiger partial charge in [0.1, 0.15) is 11.5 Å². The average Bonchev–Trinajstić information content (AvgIpc) is 2.87. The zero-order valence-corrected chi connectivity index (χ0v) is 19.6. The molecule has 4 rings (SSSR count). The molecule has 10 nitrogen and oxygen atoms in total. The first-order valence-electron chi connectivity index (χ1n) is 10.3. The molecule has 1 N–H and O–H groups in total. The van der Waals surface area contributed by atoms with Crippen LogP contribution in [0.15, 0.2) is 76.7 Å². The Morgan fingerprint density at radius 2 is 1.89 bits per heavy atom. The summed E-state index contributed by atoms with van der Waals surface area (Å²) < 4.78 is 11.9. The van der Waals surface area contributed by atoms with E-state index >= 15 is 0 Å². The van der Waals surface area contributed by atoms with Crippen LogP contribution in [0, 0.1) is 10.1 Å². The molecule has 0 unspecified atom stereocenters. The normalized spacial score (nSPS) is 10.7. The van der Waals surface area contributed by atoms with Crippen molar-refractivity contribution in [1.29, 1.82) is 0 Å². The molecule has 0 saturated heterocycles. The lowest BCUT2D eigenvalue weighted by atomic mass is 10.2. The minimum absolute atomic E-state index is 0.111. The molecule has 0 fully saturated rings. The van der Waals surface area contributed by atoms with E-state index in [-0.39, 0.29) is 28.4 Å². The topological polar surface area (TPSA) is 126 Å². The van der Waals surface area contributed by atoms with E-state index in [2.05, 4.69) is 10.3 Å². The van der Waals surface area contributed by atoms with Gasteiger partial charge in [0.25, 0.3) is 11.2 Å². The summed E-state index contributed by atoms with van der Waals surface area (Å²) in [5.41, 5.74) is 0.739. The maximum atomic E-state index is 13.4. The molecule has 3 aromatic carbocycles. The fourth-order valence-electron chi connectivity index (χ4n) is 3.41. The molecule has 0 aliphatic heterocycles. The minimum atomic E-state index is -0.560. The maximum absolute atomic E-state index is 13.4. The van der Waals surface area contributed by atoms with Crippen LogP contribution in [0.2, 0.25) is 0 Å². The van der Waals surface area contributed by atoms with E-state index in [9.17, 15) is 19.7 Å². The number of hydrogen-bond acceptors (Lipinski definition) is 8. The van der Waals surface area contributed by atoms with E-state index in [1.54, 1.807) is 48.5 Å². The number of amides is 1. The van der Waals surface area contributed by atoms with Crippen LogP contribution in [0.4, 0.5) is 11.4 Å². The van der Waals surface area contributed by atoms with Crippen molar-refractivity contribution in [2.45, 2.75) is 5.16 Å². The Morgan fingerprint density at radius 1 is 1.09 bits per heavy atom. The number of nitrogens with one attached hydrogen (secondary N) is 1. The Bertz CT molecular complexity index is 1490. The lowest BCUT2D eigenvalue weighted by molar-refractivity contribution is -0.384. The number of rotatable bonds is 8. The van der Waals surface area contributed by atoms with Gasteiger partial charge >= 0.3 is 0 Å². The van der Waals surface area contributed by atoms with Gasteiger partial charge in [-0.05, 0) is 30.3 Å². The summed E-state index contributed by atoms with van der Waals surface area (Å²) >= 11 is 1.06. The third-order valence-corrected chi connectivity index (χ3v) is 6.00. The number of para-hydroxylation sites is 1. The summed E-state index contributed by atoms with van der Waals surface area (Å²) in [4.78, 5) is 41.3. The number of anilines is 1. The van der Waals surface area contributed by atoms with E-state index in [1.807, 2.05) is 0 Å². The number of nitrogens with zero attached hydrogens (tertiary/aromatic N) is 3. The van der Waals surface area contributed by atoms with Crippen LogP contribution in [0.3, 0.4) is 0 Å². The summed E-state index contributed by atoms with van der Waals surface area (Å²) in [5, 5.41) is 14.5. The van der Waals surface area contributed by atoms with Gasteiger partial charge in [0.15, 0.2) is 5.16 Å². The molecule has 1 heterocycles. The minimum Gasteiger partial charge on any atom is -0.497 e. The van der Waals surface area contributed by atoms with Gasteiger partial charge in [-0.15, -0.1) is 0 Å². The number of methoxy groups -OCH3 is 2. The predicted molar refractivity (Wildman–Crippen MR) is 133 cm³/mol. The van der Waals surface area contributed by atoms with E-state index in [0.717, 1.165) is 11.8 Å². The second-order valence-electron chi connectivity index (χ2n) is 7.23. The molecule has 0 aliphatic rings. The lowest BCUT2D eigenvalue weighted by Crippen LogP contribution is -2.23. The highest BCUT2D eigenvalue weighted by Crippen LogP contribution is 2.29. The number of nitro groups is 1. The van der Waals surface area contributed by atoms with Crippen LogP contribution in [0.5, 0.6) is 11.5 Å². The van der Waals surface area contributed by atoms with E-state index < -0.39 is 10.8 Å². The van der Waals surface area contributed by atoms with Crippen molar-refractivity contribution in [1.82, 2.24) is 9.55 Å². The standard InChI is InChI=1S/C24H20N4O6S/c1-33-17-7-5-6-15(12-17)27-23(30)18-8-3-4-9-19(18)26-24(27)35-14-22(29)25-20-13-16(28(31)32)10-11-21(20)34-2/h3-13H,14H2,1-2H3,(H,25,29). The van der Waals surface area contributed by atoms with Gasteiger partial charge in [-0.3, -0.25) is 24.3 Å². The number of carbonyl (C=O) groups is 1. The number of thioether (sulfide) groups is 1. The van der Waals surface area contributed by atoms with Gasteiger partial charge in [0.2, 0.25) is 5.91 Å². The first kappa shape index (κ1) is 23.8. The van der Waals surface area contributed by atoms with Crippen molar-refractivity contribution in [2.24, 2.45) is 0 Å². The summed E-state index contributed by atoms with van der Waals surface area (Å²) in [6, 6.07) is 17.8. The predicted octanol–water partition coefficient (Wildman–Crippen LogP) is 4.04. The number of aromatic nitrogens is 2. The zero-order valence-electron chi connectivity index (χ0n) is 18.8. The first-order valence-corrected chi connectivity index (χ1v) is 11.3. The van der Waals surface area contributed by atoms with Gasteiger partial charge in [-0.1, -0.05) is 30.0 Å². The molecule has 1 aromatic heterocycles. The fourth-order valence-corrected chi connectivity index (χ4v) is 4.22. The Morgan fingerprint density at radius 3 is 2.63 bits per heavy atom. The van der Waals surface area contributed by atoms with Gasteiger partial charge < -0.3 is 14.8 Å². The number of fused-ring (bicyclic) bond motifs is 1. The number of hydrogen-bond donors (Lipinski definition) is 1. The fraction of sp³-hybridized carbons (Fsp3) is 0.125. The molecular weight excluding hydrogens is 472 g/mol. The molecule has 0 aliphatic carbocycles. The average molecular weight is 493 g/mol. The number of nitro benzene ring substituents is 1. The smallest absolute Gasteiger partial charge is 0.271 e. The monoisotopic (exact) mass is 492 g/mol. The Kier molecular flexibility index (Phi) is 6.97. The van der Waals surface area contributed by atoms with Gasteiger partial charge in [-0.25, -0.2) is 4.98 Å². The van der Waals surface area contributed by atoms with Crippen LogP contribution >= 0.6 is 11.8 Å². The van der Waals surface area contributed by atoms with Crippen molar-refractivity contribution in [3.63, 3.8) is 0 Å². The number of non-ortho nitro benzene ring substituents is 1. The maximum Gasteiger partial charge on any atom is 0.271 e. The second kappa shape index (κ2) is 10.3. The molecule has 0 atom stereocenters. The molecule has 178 valence electrons. The molecule has 0 spiro atoms. The lowest BCUT2D eigenvalue weighted by Gasteiger charge is -2.14. The van der Waals surface area contributed by atoms with Crippen molar-refractivity contribution in [2.75, 3.05) is 25.3 Å².